The lowest BCUT2D eigenvalue weighted by Gasteiger charge is -2.07. The molecule has 0 radical (unpaired) electrons. The normalized spacial score (nSPS) is 12.0. The van der Waals surface area contributed by atoms with Crippen molar-refractivity contribution in [2.24, 2.45) is 0 Å². The number of aryl methyl sites for hydroxylation is 1. The van der Waals surface area contributed by atoms with Crippen LogP contribution in [0, 0.1) is 6.92 Å². The Hall–Kier alpha value is -2.19. The Morgan fingerprint density at radius 1 is 1.32 bits per heavy atom. The molecular formula is C14H16N4O3S. The topological polar surface area (TPSA) is 90.0 Å². The second kappa shape index (κ2) is 5.90. The third-order valence-corrected chi connectivity index (χ3v) is 4.67. The van der Waals surface area contributed by atoms with Gasteiger partial charge in [0.05, 0.1) is 0 Å². The maximum Gasteiger partial charge on any atom is 0.217 e. The van der Waals surface area contributed by atoms with Gasteiger partial charge in [0, 0.05) is 30.9 Å². The van der Waals surface area contributed by atoms with E-state index in [-0.39, 0.29) is 5.75 Å². The Morgan fingerprint density at radius 2 is 2.14 bits per heavy atom. The minimum Gasteiger partial charge on any atom is -0.356 e. The molecule has 0 amide bonds. The van der Waals surface area contributed by atoms with Crippen molar-refractivity contribution in [2.75, 3.05) is 6.54 Å². The average molecular weight is 320 g/mol. The highest BCUT2D eigenvalue weighted by molar-refractivity contribution is 7.88. The number of aromatic nitrogens is 3. The van der Waals surface area contributed by atoms with Crippen LogP contribution in [0.4, 0.5) is 0 Å². The van der Waals surface area contributed by atoms with Crippen molar-refractivity contribution in [1.82, 2.24) is 19.4 Å². The van der Waals surface area contributed by atoms with Crippen LogP contribution in [0.25, 0.3) is 11.0 Å². The van der Waals surface area contributed by atoms with Crippen molar-refractivity contribution in [1.29, 1.82) is 0 Å². The van der Waals surface area contributed by atoms with Gasteiger partial charge in [0.15, 0.2) is 5.58 Å². The highest BCUT2D eigenvalue weighted by Crippen LogP contribution is 2.19. The first kappa shape index (κ1) is 14.7. The van der Waals surface area contributed by atoms with Crippen LogP contribution < -0.4 is 4.72 Å². The van der Waals surface area contributed by atoms with Crippen molar-refractivity contribution in [3.05, 3.63) is 48.2 Å². The van der Waals surface area contributed by atoms with Crippen molar-refractivity contribution < 1.29 is 12.9 Å². The molecule has 0 aliphatic carbocycles. The molecule has 116 valence electrons. The molecule has 0 saturated carbocycles. The molecule has 8 heteroatoms. The highest BCUT2D eigenvalue weighted by atomic mass is 32.2. The van der Waals surface area contributed by atoms with E-state index in [1.165, 1.54) is 0 Å². The Bertz CT molecular complexity index is 882. The monoisotopic (exact) mass is 320 g/mol. The van der Waals surface area contributed by atoms with Gasteiger partial charge in [-0.25, -0.2) is 18.1 Å². The first-order chi connectivity index (χ1) is 10.6. The van der Waals surface area contributed by atoms with E-state index < -0.39 is 10.0 Å². The molecule has 0 aliphatic heterocycles. The molecule has 3 rings (SSSR count). The SMILES string of the molecule is Cc1nccn1CCNS(=O)(=O)Cc1noc2ccccc12. The minimum absolute atomic E-state index is 0.201. The standard InChI is InChI=1S/C14H16N4O3S/c1-11-15-6-8-18(11)9-7-16-22(19,20)10-13-12-4-2-3-5-14(12)21-17-13/h2-6,8,16H,7,9-10H2,1H3. The van der Waals surface area contributed by atoms with Crippen LogP contribution in [0.5, 0.6) is 0 Å². The second-order valence-corrected chi connectivity index (χ2v) is 6.75. The predicted molar refractivity (Wildman–Crippen MR) is 81.6 cm³/mol. The number of hydrogen-bond donors (Lipinski definition) is 1. The van der Waals surface area contributed by atoms with E-state index in [2.05, 4.69) is 14.9 Å². The minimum atomic E-state index is -3.47. The number of hydrogen-bond acceptors (Lipinski definition) is 5. The summed E-state index contributed by atoms with van der Waals surface area (Å²) >= 11 is 0. The zero-order valence-corrected chi connectivity index (χ0v) is 12.9. The third kappa shape index (κ3) is 3.18. The summed E-state index contributed by atoms with van der Waals surface area (Å²) in [7, 11) is -3.47. The Labute approximate surface area is 128 Å². The Balaban J connectivity index is 1.65. The Morgan fingerprint density at radius 3 is 2.91 bits per heavy atom. The molecule has 2 heterocycles. The van der Waals surface area contributed by atoms with Crippen molar-refractivity contribution >= 4 is 21.0 Å². The van der Waals surface area contributed by atoms with Crippen molar-refractivity contribution in [3.8, 4) is 0 Å². The van der Waals surface area contributed by atoms with E-state index in [0.29, 0.717) is 24.4 Å². The van der Waals surface area contributed by atoms with Crippen LogP contribution in [0.1, 0.15) is 11.5 Å². The van der Waals surface area contributed by atoms with Gasteiger partial charge in [-0.05, 0) is 19.1 Å². The van der Waals surface area contributed by atoms with Crippen LogP contribution in [-0.4, -0.2) is 29.7 Å². The van der Waals surface area contributed by atoms with Crippen molar-refractivity contribution in [2.45, 2.75) is 19.2 Å². The molecule has 0 fully saturated rings. The summed E-state index contributed by atoms with van der Waals surface area (Å²) in [6, 6.07) is 7.20. The number of fused-ring (bicyclic) bond motifs is 1. The Kier molecular flexibility index (Phi) is 3.95. The van der Waals surface area contributed by atoms with Gasteiger partial charge in [0.2, 0.25) is 10.0 Å². The molecule has 0 saturated heterocycles. The largest absolute Gasteiger partial charge is 0.356 e. The van der Waals surface area contributed by atoms with Crippen LogP contribution >= 0.6 is 0 Å². The van der Waals surface area contributed by atoms with Crippen LogP contribution in [0.3, 0.4) is 0 Å². The van der Waals surface area contributed by atoms with Crippen molar-refractivity contribution in [3.63, 3.8) is 0 Å². The van der Waals surface area contributed by atoms with Crippen LogP contribution in [0.15, 0.2) is 41.2 Å². The summed E-state index contributed by atoms with van der Waals surface area (Å²) in [5.41, 5.74) is 1.00. The summed E-state index contributed by atoms with van der Waals surface area (Å²) in [6.07, 6.45) is 3.50. The summed E-state index contributed by atoms with van der Waals surface area (Å²) < 4.78 is 33.8. The van der Waals surface area contributed by atoms with E-state index in [0.717, 1.165) is 11.2 Å². The zero-order valence-electron chi connectivity index (χ0n) is 12.1. The number of rotatable bonds is 6. The lowest BCUT2D eigenvalue weighted by atomic mass is 10.2. The first-order valence-electron chi connectivity index (χ1n) is 6.83. The molecule has 3 aromatic rings. The van der Waals surface area contributed by atoms with Gasteiger partial charge in [-0.15, -0.1) is 0 Å². The fourth-order valence-corrected chi connectivity index (χ4v) is 3.31. The molecule has 0 aliphatic rings. The summed E-state index contributed by atoms with van der Waals surface area (Å²) in [5, 5.41) is 4.56. The molecule has 22 heavy (non-hydrogen) atoms. The maximum atomic E-state index is 12.1. The number of benzene rings is 1. The molecule has 0 atom stereocenters. The summed E-state index contributed by atoms with van der Waals surface area (Å²) in [6.45, 7) is 2.70. The van der Waals surface area contributed by atoms with E-state index >= 15 is 0 Å². The molecule has 2 aromatic heterocycles. The molecule has 1 aromatic carbocycles. The molecule has 1 N–H and O–H groups in total. The number of imidazole rings is 1. The lowest BCUT2D eigenvalue weighted by Crippen LogP contribution is -2.28. The fraction of sp³-hybridized carbons (Fsp3) is 0.286. The zero-order chi connectivity index (χ0) is 15.6. The van der Waals surface area contributed by atoms with Gasteiger partial charge in [-0.1, -0.05) is 17.3 Å². The van der Waals surface area contributed by atoms with Gasteiger partial charge in [-0.2, -0.15) is 0 Å². The first-order valence-corrected chi connectivity index (χ1v) is 8.49. The molecule has 0 bridgehead atoms. The fourth-order valence-electron chi connectivity index (χ4n) is 2.23. The average Bonchev–Trinajstić information content (AvgIpc) is 3.06. The third-order valence-electron chi connectivity index (χ3n) is 3.38. The smallest absolute Gasteiger partial charge is 0.217 e. The quantitative estimate of drug-likeness (QED) is 0.742. The van der Waals surface area contributed by atoms with Gasteiger partial charge in [0.1, 0.15) is 17.3 Å². The molecule has 7 nitrogen and oxygen atoms in total. The van der Waals surface area contributed by atoms with Crippen LogP contribution in [-0.2, 0) is 22.3 Å². The van der Waals surface area contributed by atoms with E-state index in [9.17, 15) is 8.42 Å². The summed E-state index contributed by atoms with van der Waals surface area (Å²) in [4.78, 5) is 4.09. The number of nitrogens with one attached hydrogen (secondary N) is 1. The van der Waals surface area contributed by atoms with E-state index in [1.807, 2.05) is 29.8 Å². The lowest BCUT2D eigenvalue weighted by molar-refractivity contribution is 0.448. The van der Waals surface area contributed by atoms with E-state index in [1.54, 1.807) is 18.3 Å². The summed E-state index contributed by atoms with van der Waals surface area (Å²) in [5.74, 6) is 0.647. The van der Waals surface area contributed by atoms with Crippen LogP contribution in [0.2, 0.25) is 0 Å². The highest BCUT2D eigenvalue weighted by Gasteiger charge is 2.17. The number of sulfonamides is 1. The second-order valence-electron chi connectivity index (χ2n) is 4.95. The molecular weight excluding hydrogens is 304 g/mol. The maximum absolute atomic E-state index is 12.1. The number of para-hydroxylation sites is 1. The van der Waals surface area contributed by atoms with Gasteiger partial charge < -0.3 is 9.09 Å². The molecule has 0 unspecified atom stereocenters. The molecule has 0 spiro atoms. The van der Waals surface area contributed by atoms with Gasteiger partial charge in [0.25, 0.3) is 0 Å². The van der Waals surface area contributed by atoms with E-state index in [4.69, 9.17) is 4.52 Å². The van der Waals surface area contributed by atoms with Gasteiger partial charge >= 0.3 is 0 Å². The van der Waals surface area contributed by atoms with Gasteiger partial charge in [-0.3, -0.25) is 0 Å². The predicted octanol–water partition coefficient (Wildman–Crippen LogP) is 1.45. The number of nitrogens with zero attached hydrogens (tertiary/aromatic N) is 3.